The van der Waals surface area contributed by atoms with Crippen LogP contribution in [0.5, 0.6) is 0 Å². The average Bonchev–Trinajstić information content (AvgIpc) is 3.50. The molecule has 4 aromatic rings. The van der Waals surface area contributed by atoms with Crippen LogP contribution in [0.3, 0.4) is 0 Å². The highest BCUT2D eigenvalue weighted by molar-refractivity contribution is 7.99. The van der Waals surface area contributed by atoms with Crippen LogP contribution in [0.4, 0.5) is 5.82 Å². The number of nitrogens with zero attached hydrogens (tertiary/aromatic N) is 5. The quantitative estimate of drug-likeness (QED) is 0.461. The number of aryl methyl sites for hydroxylation is 2. The van der Waals surface area contributed by atoms with Crippen LogP contribution < -0.4 is 5.32 Å². The minimum absolute atomic E-state index is 0.123. The number of hydrogen-bond acceptors (Lipinski definition) is 7. The Morgan fingerprint density at radius 3 is 2.87 bits per heavy atom. The Labute approximate surface area is 183 Å². The number of thioether (sulfide) groups is 1. The van der Waals surface area contributed by atoms with Crippen LogP contribution in [0, 0.1) is 6.92 Å². The summed E-state index contributed by atoms with van der Waals surface area (Å²) in [4.78, 5) is 16.5. The SMILES string of the molecule is Cc1cc(NC(=O)CSc2nnc(-c3ccncc3)n2[C@H]2CCc3ccccc32)no1. The lowest BCUT2D eigenvalue weighted by Crippen LogP contribution is -2.16. The maximum Gasteiger partial charge on any atom is 0.236 e. The summed E-state index contributed by atoms with van der Waals surface area (Å²) in [5.74, 6) is 1.84. The second-order valence-corrected chi connectivity index (χ2v) is 8.27. The van der Waals surface area contributed by atoms with Crippen LogP contribution in [-0.4, -0.2) is 36.6 Å². The molecule has 0 spiro atoms. The van der Waals surface area contributed by atoms with Crippen molar-refractivity contribution in [1.29, 1.82) is 0 Å². The summed E-state index contributed by atoms with van der Waals surface area (Å²) in [6.45, 7) is 1.78. The van der Waals surface area contributed by atoms with Crippen LogP contribution in [0.2, 0.25) is 0 Å². The molecule has 3 aromatic heterocycles. The third-order valence-electron chi connectivity index (χ3n) is 5.24. The number of anilines is 1. The Morgan fingerprint density at radius 1 is 1.23 bits per heavy atom. The molecule has 31 heavy (non-hydrogen) atoms. The number of rotatable bonds is 6. The molecule has 0 saturated carbocycles. The number of aromatic nitrogens is 5. The van der Waals surface area contributed by atoms with E-state index in [1.54, 1.807) is 25.4 Å². The van der Waals surface area contributed by atoms with Crippen LogP contribution in [0.15, 0.2) is 64.5 Å². The number of carbonyl (C=O) groups excluding carboxylic acids is 1. The Hall–Kier alpha value is -3.46. The molecule has 1 atom stereocenters. The van der Waals surface area contributed by atoms with Crippen molar-refractivity contribution in [2.24, 2.45) is 0 Å². The standard InChI is InChI=1S/C22H20N6O2S/c1-14-12-19(27-30-14)24-20(29)13-31-22-26-25-21(16-8-10-23-11-9-16)28(22)18-7-6-15-4-2-3-5-17(15)18/h2-5,8-12,18H,6-7,13H2,1H3,(H,24,27,29)/t18-/m0/s1. The van der Waals surface area contributed by atoms with Gasteiger partial charge < -0.3 is 9.84 Å². The number of hydrogen-bond donors (Lipinski definition) is 1. The molecular formula is C22H20N6O2S. The normalized spacial score (nSPS) is 15.1. The molecule has 1 aliphatic carbocycles. The fourth-order valence-electron chi connectivity index (χ4n) is 3.89. The van der Waals surface area contributed by atoms with Gasteiger partial charge in [-0.3, -0.25) is 14.3 Å². The fourth-order valence-corrected chi connectivity index (χ4v) is 4.68. The van der Waals surface area contributed by atoms with Crippen LogP contribution in [-0.2, 0) is 11.2 Å². The minimum atomic E-state index is -0.176. The van der Waals surface area contributed by atoms with E-state index in [4.69, 9.17) is 4.52 Å². The minimum Gasteiger partial charge on any atom is -0.360 e. The van der Waals surface area contributed by atoms with E-state index < -0.39 is 0 Å². The highest BCUT2D eigenvalue weighted by Gasteiger charge is 2.29. The summed E-state index contributed by atoms with van der Waals surface area (Å²) in [5, 5.41) is 16.2. The smallest absolute Gasteiger partial charge is 0.236 e. The van der Waals surface area contributed by atoms with Gasteiger partial charge in [0.15, 0.2) is 16.8 Å². The van der Waals surface area contributed by atoms with Crippen molar-refractivity contribution in [3.05, 3.63) is 71.7 Å². The van der Waals surface area contributed by atoms with Crippen molar-refractivity contribution in [3.63, 3.8) is 0 Å². The molecular weight excluding hydrogens is 412 g/mol. The Bertz CT molecular complexity index is 1220. The van der Waals surface area contributed by atoms with Crippen LogP contribution in [0.1, 0.15) is 29.3 Å². The van der Waals surface area contributed by atoms with E-state index >= 15 is 0 Å². The van der Waals surface area contributed by atoms with Crippen molar-refractivity contribution in [2.75, 3.05) is 11.1 Å². The molecule has 0 bridgehead atoms. The molecule has 0 saturated heterocycles. The lowest BCUT2D eigenvalue weighted by molar-refractivity contribution is -0.113. The van der Waals surface area contributed by atoms with E-state index in [1.807, 2.05) is 12.1 Å². The average molecular weight is 433 g/mol. The monoisotopic (exact) mass is 432 g/mol. The summed E-state index contributed by atoms with van der Waals surface area (Å²) < 4.78 is 7.15. The number of pyridine rings is 1. The van der Waals surface area contributed by atoms with E-state index in [0.717, 1.165) is 24.2 Å². The molecule has 0 radical (unpaired) electrons. The zero-order valence-electron chi connectivity index (χ0n) is 16.9. The highest BCUT2D eigenvalue weighted by Crippen LogP contribution is 2.39. The van der Waals surface area contributed by atoms with E-state index in [-0.39, 0.29) is 17.7 Å². The Morgan fingerprint density at radius 2 is 2.06 bits per heavy atom. The summed E-state index contributed by atoms with van der Waals surface area (Å²) in [7, 11) is 0. The van der Waals surface area contributed by atoms with Gasteiger partial charge in [0, 0.05) is 24.0 Å². The van der Waals surface area contributed by atoms with E-state index in [9.17, 15) is 4.79 Å². The first-order chi connectivity index (χ1) is 15.2. The third kappa shape index (κ3) is 3.96. The molecule has 0 aliphatic heterocycles. The molecule has 156 valence electrons. The molecule has 9 heteroatoms. The predicted molar refractivity (Wildman–Crippen MR) is 117 cm³/mol. The van der Waals surface area contributed by atoms with Gasteiger partial charge in [-0.25, -0.2) is 0 Å². The number of benzene rings is 1. The van der Waals surface area contributed by atoms with E-state index in [2.05, 4.69) is 54.5 Å². The zero-order chi connectivity index (χ0) is 21.2. The van der Waals surface area contributed by atoms with Crippen molar-refractivity contribution in [2.45, 2.75) is 31.0 Å². The zero-order valence-corrected chi connectivity index (χ0v) is 17.7. The molecule has 8 nitrogen and oxygen atoms in total. The first-order valence-corrected chi connectivity index (χ1v) is 11.0. The lowest BCUT2D eigenvalue weighted by atomic mass is 10.1. The van der Waals surface area contributed by atoms with Gasteiger partial charge in [-0.2, -0.15) is 0 Å². The van der Waals surface area contributed by atoms with Gasteiger partial charge in [0.05, 0.1) is 11.8 Å². The van der Waals surface area contributed by atoms with Crippen molar-refractivity contribution in [1.82, 2.24) is 24.9 Å². The fraction of sp³-hybridized carbons (Fsp3) is 0.227. The highest BCUT2D eigenvalue weighted by atomic mass is 32.2. The van der Waals surface area contributed by atoms with Gasteiger partial charge in [-0.1, -0.05) is 41.2 Å². The van der Waals surface area contributed by atoms with Crippen LogP contribution >= 0.6 is 11.8 Å². The second kappa shape index (κ2) is 8.35. The molecule has 1 N–H and O–H groups in total. The molecule has 0 fully saturated rings. The van der Waals surface area contributed by atoms with Gasteiger partial charge >= 0.3 is 0 Å². The maximum absolute atomic E-state index is 12.4. The molecule has 0 unspecified atom stereocenters. The number of amides is 1. The largest absolute Gasteiger partial charge is 0.360 e. The topological polar surface area (TPSA) is 98.7 Å². The van der Waals surface area contributed by atoms with Crippen molar-refractivity contribution < 1.29 is 9.32 Å². The summed E-state index contributed by atoms with van der Waals surface area (Å²) >= 11 is 1.36. The number of carbonyl (C=O) groups is 1. The Balaban J connectivity index is 1.44. The van der Waals surface area contributed by atoms with E-state index in [1.165, 1.54) is 22.9 Å². The second-order valence-electron chi connectivity index (χ2n) is 7.33. The molecule has 5 rings (SSSR count). The van der Waals surface area contributed by atoms with Crippen molar-refractivity contribution in [3.8, 4) is 11.4 Å². The molecule has 1 aromatic carbocycles. The predicted octanol–water partition coefficient (Wildman–Crippen LogP) is 3.90. The lowest BCUT2D eigenvalue weighted by Gasteiger charge is -2.18. The van der Waals surface area contributed by atoms with Gasteiger partial charge in [-0.15, -0.1) is 10.2 Å². The van der Waals surface area contributed by atoms with E-state index in [0.29, 0.717) is 16.7 Å². The molecule has 1 amide bonds. The summed E-state index contributed by atoms with van der Waals surface area (Å²) in [6, 6.07) is 14.1. The molecule has 1 aliphatic rings. The first kappa shape index (κ1) is 19.5. The maximum atomic E-state index is 12.4. The van der Waals surface area contributed by atoms with Gasteiger partial charge in [0.25, 0.3) is 0 Å². The third-order valence-corrected chi connectivity index (χ3v) is 6.19. The Kier molecular flexibility index (Phi) is 5.25. The van der Waals surface area contributed by atoms with Crippen LogP contribution in [0.25, 0.3) is 11.4 Å². The van der Waals surface area contributed by atoms with Crippen molar-refractivity contribution >= 4 is 23.5 Å². The number of fused-ring (bicyclic) bond motifs is 1. The number of nitrogens with one attached hydrogen (secondary N) is 1. The van der Waals surface area contributed by atoms with Gasteiger partial charge in [0.2, 0.25) is 5.91 Å². The summed E-state index contributed by atoms with van der Waals surface area (Å²) in [5.41, 5.74) is 3.57. The van der Waals surface area contributed by atoms with Gasteiger partial charge in [0.1, 0.15) is 5.76 Å². The van der Waals surface area contributed by atoms with Gasteiger partial charge in [-0.05, 0) is 43.0 Å². The first-order valence-electron chi connectivity index (χ1n) is 9.98. The summed E-state index contributed by atoms with van der Waals surface area (Å²) in [6.07, 6.45) is 5.46. The molecule has 3 heterocycles.